The van der Waals surface area contributed by atoms with Gasteiger partial charge in [-0.3, -0.25) is 9.59 Å². The normalized spacial score (nSPS) is 20.4. The van der Waals surface area contributed by atoms with E-state index in [1.54, 1.807) is 4.90 Å². The van der Waals surface area contributed by atoms with E-state index >= 15 is 0 Å². The van der Waals surface area contributed by atoms with Gasteiger partial charge in [0.25, 0.3) is 0 Å². The van der Waals surface area contributed by atoms with Gasteiger partial charge in [0.05, 0.1) is 12.6 Å². The molecule has 0 saturated carbocycles. The number of aromatic amines is 1. The number of rotatable bonds is 6. The Morgan fingerprint density at radius 2 is 1.79 bits per heavy atom. The summed E-state index contributed by atoms with van der Waals surface area (Å²) in [5, 5.41) is 1.14. The van der Waals surface area contributed by atoms with E-state index < -0.39 is 6.04 Å². The van der Waals surface area contributed by atoms with Crippen molar-refractivity contribution in [2.45, 2.75) is 44.7 Å². The Hall–Kier alpha value is -3.12. The maximum absolute atomic E-state index is 13.7. The molecule has 0 spiro atoms. The van der Waals surface area contributed by atoms with E-state index in [2.05, 4.69) is 60.1 Å². The first-order valence-corrected chi connectivity index (χ1v) is 12.3. The Labute approximate surface area is 201 Å². The van der Waals surface area contributed by atoms with E-state index in [1.807, 2.05) is 31.1 Å². The van der Waals surface area contributed by atoms with Crippen molar-refractivity contribution >= 4 is 22.7 Å². The van der Waals surface area contributed by atoms with Crippen LogP contribution in [0.5, 0.6) is 0 Å². The van der Waals surface area contributed by atoms with Gasteiger partial charge in [-0.15, -0.1) is 0 Å². The van der Waals surface area contributed by atoms with Crippen LogP contribution in [0.4, 0.5) is 0 Å². The molecule has 2 atom stereocenters. The van der Waals surface area contributed by atoms with Gasteiger partial charge in [0.15, 0.2) is 0 Å². The van der Waals surface area contributed by atoms with Gasteiger partial charge in [-0.05, 0) is 55.7 Å². The number of nitrogens with zero attached hydrogens (tertiary/aromatic N) is 3. The number of carbonyl (C=O) groups excluding carboxylic acids is 2. The van der Waals surface area contributed by atoms with E-state index in [-0.39, 0.29) is 24.4 Å². The summed E-state index contributed by atoms with van der Waals surface area (Å²) in [7, 11) is 4.06. The number of fused-ring (bicyclic) bond motifs is 4. The summed E-state index contributed by atoms with van der Waals surface area (Å²) in [5.41, 5.74) is 5.56. The van der Waals surface area contributed by atoms with E-state index in [1.165, 1.54) is 5.56 Å². The molecule has 2 aliphatic heterocycles. The Morgan fingerprint density at radius 1 is 1.06 bits per heavy atom. The molecule has 3 heterocycles. The molecule has 1 aromatic heterocycles. The van der Waals surface area contributed by atoms with Crippen LogP contribution < -0.4 is 0 Å². The number of carbonyl (C=O) groups is 2. The van der Waals surface area contributed by atoms with E-state index in [4.69, 9.17) is 0 Å². The molecule has 1 saturated heterocycles. The standard InChI is InChI=1S/C28H34N4O2/c1-18(2)19-10-12-20(13-11-19)27-26-22(21-8-5-6-9-23(21)29-26)16-24-28(34)31(15-7-14-30(3)4)17-25(33)32(24)27/h5-6,8-13,18,24,27,29H,7,14-17H2,1-4H3/t24-,27-/m1/s1. The van der Waals surface area contributed by atoms with Gasteiger partial charge in [0, 0.05) is 29.6 Å². The summed E-state index contributed by atoms with van der Waals surface area (Å²) >= 11 is 0. The van der Waals surface area contributed by atoms with Gasteiger partial charge in [-0.1, -0.05) is 56.3 Å². The molecule has 0 radical (unpaired) electrons. The molecule has 6 heteroatoms. The molecule has 3 aromatic rings. The summed E-state index contributed by atoms with van der Waals surface area (Å²) < 4.78 is 0. The first-order valence-electron chi connectivity index (χ1n) is 12.3. The highest BCUT2D eigenvalue weighted by Gasteiger charge is 2.48. The summed E-state index contributed by atoms with van der Waals surface area (Å²) in [5.74, 6) is 0.528. The summed E-state index contributed by atoms with van der Waals surface area (Å²) in [6.45, 7) is 6.02. The SMILES string of the molecule is CC(C)c1ccc([C@@H]2c3[nH]c4ccccc4c3C[C@@H]3C(=O)N(CCCN(C)C)CC(=O)N23)cc1. The molecule has 1 fully saturated rings. The largest absolute Gasteiger partial charge is 0.356 e. The predicted octanol–water partition coefficient (Wildman–Crippen LogP) is 3.93. The van der Waals surface area contributed by atoms with Crippen molar-refractivity contribution in [1.29, 1.82) is 0 Å². The van der Waals surface area contributed by atoms with E-state index in [0.29, 0.717) is 18.9 Å². The lowest BCUT2D eigenvalue weighted by Gasteiger charge is -2.47. The quantitative estimate of drug-likeness (QED) is 0.609. The Kier molecular flexibility index (Phi) is 5.94. The zero-order valence-corrected chi connectivity index (χ0v) is 20.5. The lowest BCUT2D eigenvalue weighted by atomic mass is 9.85. The van der Waals surface area contributed by atoms with Gasteiger partial charge in [0.2, 0.25) is 11.8 Å². The average Bonchev–Trinajstić information content (AvgIpc) is 3.19. The molecular formula is C28H34N4O2. The predicted molar refractivity (Wildman–Crippen MR) is 135 cm³/mol. The van der Waals surface area contributed by atoms with Crippen LogP contribution in [-0.2, 0) is 16.0 Å². The minimum absolute atomic E-state index is 0.0247. The number of piperazine rings is 1. The molecule has 0 bridgehead atoms. The minimum Gasteiger partial charge on any atom is -0.356 e. The number of hydrogen-bond donors (Lipinski definition) is 1. The third-order valence-electron chi connectivity index (χ3n) is 7.29. The highest BCUT2D eigenvalue weighted by atomic mass is 16.2. The van der Waals surface area contributed by atoms with Crippen LogP contribution in [-0.4, -0.2) is 71.3 Å². The lowest BCUT2D eigenvalue weighted by molar-refractivity contribution is -0.158. The van der Waals surface area contributed by atoms with Gasteiger partial charge in [-0.25, -0.2) is 0 Å². The highest BCUT2D eigenvalue weighted by Crippen LogP contribution is 2.42. The third kappa shape index (κ3) is 3.90. The second-order valence-electron chi connectivity index (χ2n) is 10.2. The van der Waals surface area contributed by atoms with Gasteiger partial charge >= 0.3 is 0 Å². The molecule has 1 N–H and O–H groups in total. The Morgan fingerprint density at radius 3 is 2.50 bits per heavy atom. The van der Waals surface area contributed by atoms with Gasteiger partial charge < -0.3 is 19.7 Å². The van der Waals surface area contributed by atoms with Crippen molar-refractivity contribution < 1.29 is 9.59 Å². The van der Waals surface area contributed by atoms with Crippen LogP contribution in [0.3, 0.4) is 0 Å². The van der Waals surface area contributed by atoms with Crippen LogP contribution in [0.2, 0.25) is 0 Å². The molecule has 0 unspecified atom stereocenters. The number of benzene rings is 2. The minimum atomic E-state index is -0.470. The zero-order chi connectivity index (χ0) is 24.0. The second-order valence-corrected chi connectivity index (χ2v) is 10.2. The fourth-order valence-corrected chi connectivity index (χ4v) is 5.50. The van der Waals surface area contributed by atoms with E-state index in [9.17, 15) is 9.59 Å². The van der Waals surface area contributed by atoms with Gasteiger partial charge in [0.1, 0.15) is 6.04 Å². The highest BCUT2D eigenvalue weighted by molar-refractivity contribution is 5.97. The molecule has 2 amide bonds. The zero-order valence-electron chi connectivity index (χ0n) is 20.5. The number of amides is 2. The van der Waals surface area contributed by atoms with Crippen LogP contribution >= 0.6 is 0 Å². The van der Waals surface area contributed by atoms with Crippen LogP contribution in [0.25, 0.3) is 10.9 Å². The maximum atomic E-state index is 13.7. The van der Waals surface area contributed by atoms with Crippen molar-refractivity contribution in [3.8, 4) is 0 Å². The molecule has 178 valence electrons. The van der Waals surface area contributed by atoms with Crippen molar-refractivity contribution in [1.82, 2.24) is 19.7 Å². The van der Waals surface area contributed by atoms with Crippen molar-refractivity contribution in [3.05, 3.63) is 70.9 Å². The van der Waals surface area contributed by atoms with Crippen LogP contribution in [0, 0.1) is 0 Å². The fraction of sp³-hybridized carbons (Fsp3) is 0.429. The van der Waals surface area contributed by atoms with Crippen molar-refractivity contribution in [2.24, 2.45) is 0 Å². The number of para-hydroxylation sites is 1. The summed E-state index contributed by atoms with van der Waals surface area (Å²) in [6.07, 6.45) is 1.41. The molecule has 34 heavy (non-hydrogen) atoms. The maximum Gasteiger partial charge on any atom is 0.246 e. The van der Waals surface area contributed by atoms with Crippen molar-refractivity contribution in [3.63, 3.8) is 0 Å². The number of H-pyrrole nitrogens is 1. The first kappa shape index (κ1) is 22.7. The molecule has 5 rings (SSSR count). The molecule has 6 nitrogen and oxygen atoms in total. The second kappa shape index (κ2) is 8.91. The Balaban J connectivity index is 1.57. The third-order valence-corrected chi connectivity index (χ3v) is 7.29. The molecular weight excluding hydrogens is 424 g/mol. The summed E-state index contributed by atoms with van der Waals surface area (Å²) in [4.78, 5) is 36.6. The number of hydrogen-bond acceptors (Lipinski definition) is 3. The topological polar surface area (TPSA) is 59.7 Å². The smallest absolute Gasteiger partial charge is 0.246 e. The van der Waals surface area contributed by atoms with Crippen molar-refractivity contribution in [2.75, 3.05) is 33.7 Å². The molecule has 0 aliphatic carbocycles. The fourth-order valence-electron chi connectivity index (χ4n) is 5.50. The van der Waals surface area contributed by atoms with E-state index in [0.717, 1.165) is 40.7 Å². The van der Waals surface area contributed by atoms with Gasteiger partial charge in [-0.2, -0.15) is 0 Å². The Bertz CT molecular complexity index is 1210. The lowest BCUT2D eigenvalue weighted by Crippen LogP contribution is -2.63. The first-order chi connectivity index (χ1) is 16.3. The van der Waals surface area contributed by atoms with Crippen LogP contribution in [0.15, 0.2) is 48.5 Å². The van der Waals surface area contributed by atoms with Crippen LogP contribution in [0.1, 0.15) is 54.6 Å². The average molecular weight is 459 g/mol. The summed E-state index contributed by atoms with van der Waals surface area (Å²) in [6, 6.07) is 16.0. The number of aromatic nitrogens is 1. The molecule has 2 aromatic carbocycles. The monoisotopic (exact) mass is 458 g/mol. The molecule has 2 aliphatic rings. The number of nitrogens with one attached hydrogen (secondary N) is 1.